The quantitative estimate of drug-likeness (QED) is 0.147. The van der Waals surface area contributed by atoms with Crippen LogP contribution in [0.4, 0.5) is 17.1 Å². The summed E-state index contributed by atoms with van der Waals surface area (Å²) in [6.07, 6.45) is 0. The zero-order valence-corrected chi connectivity index (χ0v) is 35.8. The van der Waals surface area contributed by atoms with Gasteiger partial charge in [0.15, 0.2) is 0 Å². The number of thiophene rings is 1. The van der Waals surface area contributed by atoms with Crippen LogP contribution in [0.2, 0.25) is 0 Å². The summed E-state index contributed by atoms with van der Waals surface area (Å²) in [5.41, 5.74) is 15.2. The zero-order chi connectivity index (χ0) is 42.4. The molecule has 0 amide bonds. The highest BCUT2D eigenvalue weighted by Crippen LogP contribution is 2.46. The molecule has 0 aliphatic rings. The van der Waals surface area contributed by atoms with Gasteiger partial charge in [-0.2, -0.15) is 0 Å². The molecule has 0 aliphatic heterocycles. The summed E-state index contributed by atoms with van der Waals surface area (Å²) in [6.45, 7) is 0. The topological polar surface area (TPSA) is 3.24 Å². The molecule has 0 aliphatic carbocycles. The summed E-state index contributed by atoms with van der Waals surface area (Å²) in [5.74, 6) is 0. The van der Waals surface area contributed by atoms with Gasteiger partial charge in [0.05, 0.1) is 5.69 Å². The maximum atomic E-state index is 2.46. The van der Waals surface area contributed by atoms with Crippen molar-refractivity contribution in [2.45, 2.75) is 0 Å². The van der Waals surface area contributed by atoms with Gasteiger partial charge in [-0.15, -0.1) is 11.3 Å². The van der Waals surface area contributed by atoms with Crippen LogP contribution in [0.15, 0.2) is 249 Å². The standard InChI is InChI=1S/C62H41NS/c1-2-15-45(16-3-1)56-37-34-51(55-26-12-19-44-17-6-7-24-54(44)55)41-60(56)63(53-23-11-22-50(40-53)57-27-13-28-59-58-25-8-9-29-61(58)64-62(57)59)52-35-32-43(33-36-52)47-20-10-21-48(38-47)49-31-30-42-14-4-5-18-46(42)39-49/h1-41H. The molecule has 0 radical (unpaired) electrons. The Morgan fingerprint density at radius 3 is 1.72 bits per heavy atom. The van der Waals surface area contributed by atoms with Crippen molar-refractivity contribution in [3.05, 3.63) is 249 Å². The first-order chi connectivity index (χ1) is 31.7. The van der Waals surface area contributed by atoms with E-state index in [1.54, 1.807) is 0 Å². The number of nitrogens with zero attached hydrogens (tertiary/aromatic N) is 1. The second-order valence-electron chi connectivity index (χ2n) is 16.5. The molecule has 0 unspecified atom stereocenters. The van der Waals surface area contributed by atoms with Crippen LogP contribution in [0.3, 0.4) is 0 Å². The molecule has 300 valence electrons. The minimum Gasteiger partial charge on any atom is -0.310 e. The lowest BCUT2D eigenvalue weighted by atomic mass is 9.93. The Kier molecular flexibility index (Phi) is 9.43. The number of fused-ring (bicyclic) bond motifs is 5. The van der Waals surface area contributed by atoms with Crippen molar-refractivity contribution in [2.24, 2.45) is 0 Å². The molecular weight excluding hydrogens is 791 g/mol. The van der Waals surface area contributed by atoms with Gasteiger partial charge in [0.25, 0.3) is 0 Å². The van der Waals surface area contributed by atoms with Crippen molar-refractivity contribution in [1.29, 1.82) is 0 Å². The molecule has 0 bridgehead atoms. The van der Waals surface area contributed by atoms with Crippen LogP contribution in [0.1, 0.15) is 0 Å². The summed E-state index contributed by atoms with van der Waals surface area (Å²) in [6, 6.07) is 91.1. The molecule has 0 saturated carbocycles. The SMILES string of the molecule is c1ccc(-c2ccc(-c3cccc4ccccc34)cc2N(c2ccc(-c3cccc(-c4ccc5ccccc5c4)c3)cc2)c2cccc(-c3cccc4c3sc3ccccc34)c2)cc1. The molecule has 12 aromatic rings. The van der Waals surface area contributed by atoms with E-state index in [1.165, 1.54) is 91.8 Å². The van der Waals surface area contributed by atoms with Crippen LogP contribution < -0.4 is 4.90 Å². The lowest BCUT2D eigenvalue weighted by Gasteiger charge is -2.29. The summed E-state index contributed by atoms with van der Waals surface area (Å²) >= 11 is 1.88. The Morgan fingerprint density at radius 1 is 0.266 bits per heavy atom. The van der Waals surface area contributed by atoms with Crippen LogP contribution in [-0.4, -0.2) is 0 Å². The van der Waals surface area contributed by atoms with E-state index in [9.17, 15) is 0 Å². The highest BCUT2D eigenvalue weighted by molar-refractivity contribution is 7.26. The maximum Gasteiger partial charge on any atom is 0.0546 e. The maximum absolute atomic E-state index is 2.46. The molecule has 0 saturated heterocycles. The molecule has 1 nitrogen and oxygen atoms in total. The van der Waals surface area contributed by atoms with Crippen LogP contribution in [0, 0.1) is 0 Å². The first-order valence-corrected chi connectivity index (χ1v) is 22.7. The van der Waals surface area contributed by atoms with Gasteiger partial charge in [-0.3, -0.25) is 0 Å². The Hall–Kier alpha value is -8.04. The molecular formula is C62H41NS. The van der Waals surface area contributed by atoms with Crippen LogP contribution in [0.5, 0.6) is 0 Å². The van der Waals surface area contributed by atoms with E-state index >= 15 is 0 Å². The van der Waals surface area contributed by atoms with E-state index in [0.717, 1.165) is 22.6 Å². The highest BCUT2D eigenvalue weighted by Gasteiger charge is 2.21. The molecule has 0 N–H and O–H groups in total. The fourth-order valence-electron chi connectivity index (χ4n) is 9.49. The van der Waals surface area contributed by atoms with Gasteiger partial charge in [-0.25, -0.2) is 0 Å². The fourth-order valence-corrected chi connectivity index (χ4v) is 10.7. The average Bonchev–Trinajstić information content (AvgIpc) is 3.76. The molecule has 1 heterocycles. The lowest BCUT2D eigenvalue weighted by Crippen LogP contribution is -2.11. The molecule has 11 aromatic carbocycles. The Morgan fingerprint density at radius 2 is 0.844 bits per heavy atom. The third-order valence-electron chi connectivity index (χ3n) is 12.6. The third kappa shape index (κ3) is 6.82. The molecule has 12 rings (SSSR count). The summed E-state index contributed by atoms with van der Waals surface area (Å²) in [5, 5.41) is 7.58. The Bertz CT molecular complexity index is 3670. The van der Waals surface area contributed by atoms with Gasteiger partial charge in [-0.05, 0) is 120 Å². The predicted molar refractivity (Wildman–Crippen MR) is 276 cm³/mol. The van der Waals surface area contributed by atoms with E-state index in [4.69, 9.17) is 0 Å². The first kappa shape index (κ1) is 37.7. The van der Waals surface area contributed by atoms with Crippen molar-refractivity contribution in [2.75, 3.05) is 4.90 Å². The molecule has 0 atom stereocenters. The third-order valence-corrected chi connectivity index (χ3v) is 13.9. The average molecular weight is 832 g/mol. The number of hydrogen-bond donors (Lipinski definition) is 0. The van der Waals surface area contributed by atoms with Crippen molar-refractivity contribution in [1.82, 2.24) is 0 Å². The molecule has 1 aromatic heterocycles. The van der Waals surface area contributed by atoms with Gasteiger partial charge >= 0.3 is 0 Å². The number of hydrogen-bond acceptors (Lipinski definition) is 2. The summed E-state index contributed by atoms with van der Waals surface area (Å²) < 4.78 is 2.62. The van der Waals surface area contributed by atoms with E-state index in [-0.39, 0.29) is 0 Å². The van der Waals surface area contributed by atoms with E-state index in [0.29, 0.717) is 0 Å². The minimum atomic E-state index is 1.08. The van der Waals surface area contributed by atoms with Crippen LogP contribution in [-0.2, 0) is 0 Å². The molecule has 2 heteroatoms. The zero-order valence-electron chi connectivity index (χ0n) is 35.0. The monoisotopic (exact) mass is 831 g/mol. The second kappa shape index (κ2) is 16.0. The number of rotatable bonds is 8. The van der Waals surface area contributed by atoms with Crippen molar-refractivity contribution in [3.63, 3.8) is 0 Å². The van der Waals surface area contributed by atoms with E-state index < -0.39 is 0 Å². The van der Waals surface area contributed by atoms with Crippen molar-refractivity contribution < 1.29 is 0 Å². The van der Waals surface area contributed by atoms with Gasteiger partial charge in [0.2, 0.25) is 0 Å². The smallest absolute Gasteiger partial charge is 0.0546 e. The Balaban J connectivity index is 1.03. The largest absolute Gasteiger partial charge is 0.310 e. The van der Waals surface area contributed by atoms with Gasteiger partial charge in [-0.1, -0.05) is 200 Å². The van der Waals surface area contributed by atoms with E-state index in [2.05, 4.69) is 254 Å². The first-order valence-electron chi connectivity index (χ1n) is 21.9. The van der Waals surface area contributed by atoms with Crippen LogP contribution >= 0.6 is 11.3 Å². The van der Waals surface area contributed by atoms with E-state index in [1.807, 2.05) is 11.3 Å². The highest BCUT2D eigenvalue weighted by atomic mass is 32.1. The summed E-state index contributed by atoms with van der Waals surface area (Å²) in [4.78, 5) is 2.46. The molecule has 0 fully saturated rings. The second-order valence-corrected chi connectivity index (χ2v) is 17.5. The lowest BCUT2D eigenvalue weighted by molar-refractivity contribution is 1.28. The van der Waals surface area contributed by atoms with Gasteiger partial charge < -0.3 is 4.90 Å². The van der Waals surface area contributed by atoms with Gasteiger partial charge in [0, 0.05) is 37.1 Å². The number of anilines is 3. The number of benzene rings is 11. The Labute approximate surface area is 377 Å². The fraction of sp³-hybridized carbons (Fsp3) is 0. The summed E-state index contributed by atoms with van der Waals surface area (Å²) in [7, 11) is 0. The van der Waals surface area contributed by atoms with Crippen molar-refractivity contribution >= 4 is 70.1 Å². The predicted octanol–water partition coefficient (Wildman–Crippen LogP) is 18.2. The minimum absolute atomic E-state index is 1.08. The van der Waals surface area contributed by atoms with Crippen LogP contribution in [0.25, 0.3) is 97.4 Å². The molecule has 64 heavy (non-hydrogen) atoms. The van der Waals surface area contributed by atoms with Gasteiger partial charge in [0.1, 0.15) is 0 Å². The van der Waals surface area contributed by atoms with Crippen molar-refractivity contribution in [3.8, 4) is 55.6 Å². The normalized spacial score (nSPS) is 11.4. The molecule has 0 spiro atoms.